The molecule has 0 spiro atoms. The maximum Gasteiger partial charge on any atom is 0.258 e. The van der Waals surface area contributed by atoms with Gasteiger partial charge in [-0.25, -0.2) is 4.98 Å². The van der Waals surface area contributed by atoms with Crippen molar-refractivity contribution in [1.29, 1.82) is 0 Å². The Kier molecular flexibility index (Phi) is 2.59. The summed E-state index contributed by atoms with van der Waals surface area (Å²) < 4.78 is 0. The van der Waals surface area contributed by atoms with E-state index in [2.05, 4.69) is 21.9 Å². The summed E-state index contributed by atoms with van der Waals surface area (Å²) in [6.07, 6.45) is 3.10. The first-order chi connectivity index (χ1) is 7.72. The number of aromatic nitrogens is 2. The van der Waals surface area contributed by atoms with Gasteiger partial charge in [0.15, 0.2) is 0 Å². The Morgan fingerprint density at radius 3 is 3.12 bits per heavy atom. The van der Waals surface area contributed by atoms with Gasteiger partial charge in [0.05, 0.1) is 28.6 Å². The van der Waals surface area contributed by atoms with Crippen LogP contribution in [-0.2, 0) is 0 Å². The summed E-state index contributed by atoms with van der Waals surface area (Å²) in [4.78, 5) is 18.0. The zero-order valence-corrected chi connectivity index (χ0v) is 8.66. The molecule has 0 saturated carbocycles. The number of rotatable bonds is 3. The van der Waals surface area contributed by atoms with E-state index in [-0.39, 0.29) is 5.56 Å². The summed E-state index contributed by atoms with van der Waals surface area (Å²) in [7, 11) is 0. The standard InChI is InChI=1S/C11H12N4O/c1-2-3-13-10-5-9-7(4-8(10)12)11(16)15-6-14-9/h2,4-6,13H,1,3,12H2,(H,14,15,16). The Labute approximate surface area is 92.0 Å². The molecule has 5 nitrogen and oxygen atoms in total. The van der Waals surface area contributed by atoms with Crippen molar-refractivity contribution < 1.29 is 0 Å². The fraction of sp³-hybridized carbons (Fsp3) is 0.0909. The van der Waals surface area contributed by atoms with E-state index in [0.29, 0.717) is 23.1 Å². The molecule has 0 aliphatic heterocycles. The number of benzene rings is 1. The van der Waals surface area contributed by atoms with Crippen molar-refractivity contribution in [2.24, 2.45) is 0 Å². The van der Waals surface area contributed by atoms with Gasteiger partial charge >= 0.3 is 0 Å². The van der Waals surface area contributed by atoms with Gasteiger partial charge in [0, 0.05) is 6.54 Å². The van der Waals surface area contributed by atoms with Crippen LogP contribution in [0.3, 0.4) is 0 Å². The van der Waals surface area contributed by atoms with E-state index in [1.54, 1.807) is 18.2 Å². The number of nitrogens with zero attached hydrogens (tertiary/aromatic N) is 1. The fourth-order valence-electron chi connectivity index (χ4n) is 1.47. The molecule has 2 aromatic rings. The molecule has 5 heteroatoms. The molecule has 2 rings (SSSR count). The van der Waals surface area contributed by atoms with Crippen LogP contribution in [0.25, 0.3) is 10.9 Å². The van der Waals surface area contributed by atoms with E-state index in [1.165, 1.54) is 6.33 Å². The van der Waals surface area contributed by atoms with Crippen molar-refractivity contribution in [3.05, 3.63) is 41.5 Å². The van der Waals surface area contributed by atoms with Crippen molar-refractivity contribution in [2.75, 3.05) is 17.6 Å². The van der Waals surface area contributed by atoms with Gasteiger partial charge in [-0.3, -0.25) is 4.79 Å². The highest BCUT2D eigenvalue weighted by atomic mass is 16.1. The van der Waals surface area contributed by atoms with Crippen LogP contribution in [0.5, 0.6) is 0 Å². The highest BCUT2D eigenvalue weighted by Gasteiger charge is 2.04. The molecule has 1 heterocycles. The van der Waals surface area contributed by atoms with Crippen LogP contribution < -0.4 is 16.6 Å². The van der Waals surface area contributed by atoms with E-state index >= 15 is 0 Å². The molecule has 0 fully saturated rings. The van der Waals surface area contributed by atoms with Crippen LogP contribution in [0.15, 0.2) is 35.9 Å². The van der Waals surface area contributed by atoms with Crippen LogP contribution in [0.2, 0.25) is 0 Å². The zero-order valence-electron chi connectivity index (χ0n) is 8.66. The van der Waals surface area contributed by atoms with Gasteiger partial charge < -0.3 is 16.0 Å². The Morgan fingerprint density at radius 1 is 1.56 bits per heavy atom. The third kappa shape index (κ3) is 1.75. The first-order valence-corrected chi connectivity index (χ1v) is 4.84. The lowest BCUT2D eigenvalue weighted by Crippen LogP contribution is -2.08. The van der Waals surface area contributed by atoms with Crippen LogP contribution in [-0.4, -0.2) is 16.5 Å². The number of nitrogens with one attached hydrogen (secondary N) is 2. The smallest absolute Gasteiger partial charge is 0.258 e. The monoisotopic (exact) mass is 216 g/mol. The van der Waals surface area contributed by atoms with E-state index in [4.69, 9.17) is 5.73 Å². The second-order valence-corrected chi connectivity index (χ2v) is 3.36. The summed E-state index contributed by atoms with van der Waals surface area (Å²) in [6.45, 7) is 4.22. The minimum Gasteiger partial charge on any atom is -0.397 e. The maximum atomic E-state index is 11.5. The number of hydrogen-bond acceptors (Lipinski definition) is 4. The SMILES string of the molecule is C=CCNc1cc2nc[nH]c(=O)c2cc1N. The predicted octanol–water partition coefficient (Wildman–Crippen LogP) is 1.10. The van der Waals surface area contributed by atoms with Crippen molar-refractivity contribution in [2.45, 2.75) is 0 Å². The molecule has 4 N–H and O–H groups in total. The van der Waals surface area contributed by atoms with E-state index < -0.39 is 0 Å². The second kappa shape index (κ2) is 4.06. The topological polar surface area (TPSA) is 83.8 Å². The molecule has 0 bridgehead atoms. The van der Waals surface area contributed by atoms with E-state index in [1.807, 2.05) is 0 Å². The molecular formula is C11H12N4O. The fourth-order valence-corrected chi connectivity index (χ4v) is 1.47. The number of fused-ring (bicyclic) bond motifs is 1. The average molecular weight is 216 g/mol. The van der Waals surface area contributed by atoms with Crippen LogP contribution >= 0.6 is 0 Å². The third-order valence-electron chi connectivity index (χ3n) is 2.25. The Balaban J connectivity index is 2.58. The number of aromatic amines is 1. The quantitative estimate of drug-likeness (QED) is 0.530. The summed E-state index contributed by atoms with van der Waals surface area (Å²) >= 11 is 0. The highest BCUT2D eigenvalue weighted by molar-refractivity contribution is 5.88. The number of hydrogen-bond donors (Lipinski definition) is 3. The molecule has 82 valence electrons. The molecule has 0 radical (unpaired) electrons. The molecule has 1 aromatic heterocycles. The normalized spacial score (nSPS) is 10.2. The van der Waals surface area contributed by atoms with Gasteiger partial charge in [0.2, 0.25) is 0 Å². The Bertz CT molecular complexity index is 588. The molecule has 1 aromatic carbocycles. The van der Waals surface area contributed by atoms with Crippen molar-refractivity contribution in [3.63, 3.8) is 0 Å². The number of nitrogen functional groups attached to an aromatic ring is 1. The molecule has 0 aliphatic carbocycles. The van der Waals surface area contributed by atoms with Crippen LogP contribution in [0.4, 0.5) is 11.4 Å². The highest BCUT2D eigenvalue weighted by Crippen LogP contribution is 2.22. The largest absolute Gasteiger partial charge is 0.397 e. The Morgan fingerprint density at radius 2 is 2.38 bits per heavy atom. The average Bonchev–Trinajstić information content (AvgIpc) is 2.28. The van der Waals surface area contributed by atoms with Gasteiger partial charge in [-0.15, -0.1) is 6.58 Å². The number of H-pyrrole nitrogens is 1. The third-order valence-corrected chi connectivity index (χ3v) is 2.25. The summed E-state index contributed by atoms with van der Waals surface area (Å²) in [6, 6.07) is 3.37. The zero-order chi connectivity index (χ0) is 11.5. The summed E-state index contributed by atoms with van der Waals surface area (Å²) in [5, 5.41) is 3.57. The van der Waals surface area contributed by atoms with Gasteiger partial charge in [0.25, 0.3) is 5.56 Å². The first kappa shape index (κ1) is 10.2. The predicted molar refractivity (Wildman–Crippen MR) is 65.5 cm³/mol. The van der Waals surface area contributed by atoms with Crippen molar-refractivity contribution in [3.8, 4) is 0 Å². The lowest BCUT2D eigenvalue weighted by molar-refractivity contribution is 1.17. The number of nitrogens with two attached hydrogens (primary N) is 1. The van der Waals surface area contributed by atoms with Crippen molar-refractivity contribution in [1.82, 2.24) is 9.97 Å². The second-order valence-electron chi connectivity index (χ2n) is 3.36. The summed E-state index contributed by atoms with van der Waals surface area (Å²) in [5.41, 5.74) is 7.52. The molecule has 0 saturated heterocycles. The first-order valence-electron chi connectivity index (χ1n) is 4.84. The number of anilines is 2. The molecule has 0 aliphatic rings. The van der Waals surface area contributed by atoms with Gasteiger partial charge in [-0.05, 0) is 12.1 Å². The van der Waals surface area contributed by atoms with Crippen LogP contribution in [0, 0.1) is 0 Å². The van der Waals surface area contributed by atoms with E-state index in [9.17, 15) is 4.79 Å². The molecular weight excluding hydrogens is 204 g/mol. The Hall–Kier alpha value is -2.30. The maximum absolute atomic E-state index is 11.5. The molecule has 0 unspecified atom stereocenters. The van der Waals surface area contributed by atoms with Crippen molar-refractivity contribution >= 4 is 22.3 Å². The van der Waals surface area contributed by atoms with Gasteiger partial charge in [-0.2, -0.15) is 0 Å². The molecule has 0 amide bonds. The van der Waals surface area contributed by atoms with Gasteiger partial charge in [0.1, 0.15) is 0 Å². The molecule has 0 atom stereocenters. The minimum absolute atomic E-state index is 0.188. The van der Waals surface area contributed by atoms with E-state index in [0.717, 1.165) is 5.69 Å². The summed E-state index contributed by atoms with van der Waals surface area (Å²) in [5.74, 6) is 0. The minimum atomic E-state index is -0.188. The lowest BCUT2D eigenvalue weighted by atomic mass is 10.2. The van der Waals surface area contributed by atoms with Crippen LogP contribution in [0.1, 0.15) is 0 Å². The van der Waals surface area contributed by atoms with Gasteiger partial charge in [-0.1, -0.05) is 6.08 Å². The molecule has 16 heavy (non-hydrogen) atoms. The lowest BCUT2D eigenvalue weighted by Gasteiger charge is -2.08.